The van der Waals surface area contributed by atoms with Crippen molar-refractivity contribution >= 4 is 5.91 Å². The minimum Gasteiger partial charge on any atom is -0.493 e. The molecule has 1 saturated heterocycles. The van der Waals surface area contributed by atoms with Crippen molar-refractivity contribution in [1.29, 1.82) is 0 Å². The van der Waals surface area contributed by atoms with Gasteiger partial charge < -0.3 is 25.2 Å². The molecular weight excluding hydrogens is 320 g/mol. The molecule has 25 heavy (non-hydrogen) atoms. The van der Waals surface area contributed by atoms with Crippen LogP contribution in [0.4, 0.5) is 0 Å². The molecule has 0 unspecified atom stereocenters. The molecule has 0 aromatic heterocycles. The SMILES string of the molecule is COc1ccccc1Oc1ccc(CNC(=O)[C@H]2C[C@H](O)CN2)cc1. The summed E-state index contributed by atoms with van der Waals surface area (Å²) in [6.45, 7) is 0.898. The molecule has 0 radical (unpaired) electrons. The number of carbonyl (C=O) groups excluding carboxylic acids is 1. The van der Waals surface area contributed by atoms with E-state index in [1.165, 1.54) is 0 Å². The lowest BCUT2D eigenvalue weighted by atomic mass is 10.1. The molecule has 1 aliphatic rings. The topological polar surface area (TPSA) is 79.8 Å². The van der Waals surface area contributed by atoms with Crippen molar-refractivity contribution in [3.8, 4) is 17.2 Å². The predicted molar refractivity (Wildman–Crippen MR) is 93.8 cm³/mol. The maximum atomic E-state index is 12.0. The highest BCUT2D eigenvalue weighted by molar-refractivity contribution is 5.82. The smallest absolute Gasteiger partial charge is 0.237 e. The van der Waals surface area contributed by atoms with Gasteiger partial charge in [-0.05, 0) is 36.2 Å². The molecule has 0 spiro atoms. The van der Waals surface area contributed by atoms with Gasteiger partial charge in [0.1, 0.15) is 5.75 Å². The minimum atomic E-state index is -0.442. The minimum absolute atomic E-state index is 0.0918. The Kier molecular flexibility index (Phi) is 5.53. The number of methoxy groups -OCH3 is 1. The fraction of sp³-hybridized carbons (Fsp3) is 0.316. The van der Waals surface area contributed by atoms with E-state index in [1.54, 1.807) is 7.11 Å². The summed E-state index contributed by atoms with van der Waals surface area (Å²) in [7, 11) is 1.60. The first kappa shape index (κ1) is 17.3. The van der Waals surface area contributed by atoms with E-state index in [0.29, 0.717) is 36.8 Å². The van der Waals surface area contributed by atoms with E-state index in [-0.39, 0.29) is 11.9 Å². The third kappa shape index (κ3) is 4.49. The number of aliphatic hydroxyl groups is 1. The molecule has 1 amide bonds. The number of hydrogen-bond donors (Lipinski definition) is 3. The third-order valence-corrected chi connectivity index (χ3v) is 4.11. The van der Waals surface area contributed by atoms with Gasteiger partial charge in [0.05, 0.1) is 19.3 Å². The van der Waals surface area contributed by atoms with Crippen molar-refractivity contribution in [3.05, 3.63) is 54.1 Å². The van der Waals surface area contributed by atoms with Gasteiger partial charge in [-0.1, -0.05) is 24.3 Å². The molecule has 0 saturated carbocycles. The van der Waals surface area contributed by atoms with Crippen LogP contribution in [0.25, 0.3) is 0 Å². The number of rotatable bonds is 6. The summed E-state index contributed by atoms with van der Waals surface area (Å²) in [4.78, 5) is 12.0. The Morgan fingerprint density at radius 1 is 1.20 bits per heavy atom. The zero-order chi connectivity index (χ0) is 17.6. The van der Waals surface area contributed by atoms with Crippen molar-refractivity contribution in [2.75, 3.05) is 13.7 Å². The molecule has 0 bridgehead atoms. The van der Waals surface area contributed by atoms with Crippen molar-refractivity contribution in [1.82, 2.24) is 10.6 Å². The molecule has 3 rings (SSSR count). The molecular formula is C19H22N2O4. The van der Waals surface area contributed by atoms with Gasteiger partial charge in [0.25, 0.3) is 0 Å². The maximum Gasteiger partial charge on any atom is 0.237 e. The molecule has 3 N–H and O–H groups in total. The second-order valence-electron chi connectivity index (χ2n) is 5.97. The van der Waals surface area contributed by atoms with Gasteiger partial charge in [-0.3, -0.25) is 4.79 Å². The number of para-hydroxylation sites is 2. The number of amides is 1. The van der Waals surface area contributed by atoms with Crippen molar-refractivity contribution in [2.24, 2.45) is 0 Å². The zero-order valence-corrected chi connectivity index (χ0v) is 14.1. The van der Waals surface area contributed by atoms with E-state index in [2.05, 4.69) is 10.6 Å². The quantitative estimate of drug-likeness (QED) is 0.746. The summed E-state index contributed by atoms with van der Waals surface area (Å²) in [5, 5.41) is 15.3. The lowest BCUT2D eigenvalue weighted by Crippen LogP contribution is -2.39. The van der Waals surface area contributed by atoms with Crippen LogP contribution in [0.1, 0.15) is 12.0 Å². The standard InChI is InChI=1S/C19H22N2O4/c1-24-17-4-2-3-5-18(17)25-15-8-6-13(7-9-15)11-21-19(23)16-10-14(22)12-20-16/h2-9,14,16,20,22H,10-12H2,1H3,(H,21,23)/t14-,16+/m0/s1. The highest BCUT2D eigenvalue weighted by atomic mass is 16.5. The van der Waals surface area contributed by atoms with Gasteiger partial charge in [-0.2, -0.15) is 0 Å². The first-order valence-electron chi connectivity index (χ1n) is 8.24. The molecule has 2 aromatic rings. The van der Waals surface area contributed by atoms with Gasteiger partial charge in [0, 0.05) is 13.1 Å². The van der Waals surface area contributed by atoms with E-state index in [1.807, 2.05) is 48.5 Å². The van der Waals surface area contributed by atoms with Crippen LogP contribution in [-0.2, 0) is 11.3 Å². The lowest BCUT2D eigenvalue weighted by Gasteiger charge is -2.12. The van der Waals surface area contributed by atoms with Crippen LogP contribution < -0.4 is 20.1 Å². The molecule has 6 heteroatoms. The number of hydrogen-bond acceptors (Lipinski definition) is 5. The van der Waals surface area contributed by atoms with Crippen molar-refractivity contribution in [3.63, 3.8) is 0 Å². The summed E-state index contributed by atoms with van der Waals surface area (Å²) in [6, 6.07) is 14.7. The maximum absolute atomic E-state index is 12.0. The summed E-state index contributed by atoms with van der Waals surface area (Å²) in [5.41, 5.74) is 0.972. The fourth-order valence-corrected chi connectivity index (χ4v) is 2.73. The fourth-order valence-electron chi connectivity index (χ4n) is 2.73. The average Bonchev–Trinajstić information content (AvgIpc) is 3.08. The summed E-state index contributed by atoms with van der Waals surface area (Å²) in [5.74, 6) is 1.92. The van der Waals surface area contributed by atoms with Gasteiger partial charge in [-0.25, -0.2) is 0 Å². The average molecular weight is 342 g/mol. The second-order valence-corrected chi connectivity index (χ2v) is 5.97. The third-order valence-electron chi connectivity index (χ3n) is 4.11. The number of nitrogens with one attached hydrogen (secondary N) is 2. The molecule has 1 heterocycles. The number of benzene rings is 2. The molecule has 132 valence electrons. The number of carbonyl (C=O) groups is 1. The Hall–Kier alpha value is -2.57. The Labute approximate surface area is 146 Å². The zero-order valence-electron chi connectivity index (χ0n) is 14.1. The van der Waals surface area contributed by atoms with Crippen LogP contribution in [0.15, 0.2) is 48.5 Å². The molecule has 1 aliphatic heterocycles. The molecule has 6 nitrogen and oxygen atoms in total. The summed E-state index contributed by atoms with van der Waals surface area (Å²) < 4.78 is 11.1. The number of ether oxygens (including phenoxy) is 2. The van der Waals surface area contributed by atoms with Crippen LogP contribution >= 0.6 is 0 Å². The first-order chi connectivity index (χ1) is 12.2. The van der Waals surface area contributed by atoms with Crippen molar-refractivity contribution < 1.29 is 19.4 Å². The molecule has 0 aliphatic carbocycles. The predicted octanol–water partition coefficient (Wildman–Crippen LogP) is 1.83. The van der Waals surface area contributed by atoms with E-state index in [0.717, 1.165) is 5.56 Å². The van der Waals surface area contributed by atoms with Gasteiger partial charge in [-0.15, -0.1) is 0 Å². The molecule has 2 aromatic carbocycles. The number of β-amino-alcohol motifs (C(OH)–C–C–N with tert-alkyl or cyclic N) is 1. The molecule has 1 fully saturated rings. The van der Waals surface area contributed by atoms with Crippen LogP contribution in [-0.4, -0.2) is 36.8 Å². The van der Waals surface area contributed by atoms with Crippen LogP contribution in [0.5, 0.6) is 17.2 Å². The highest BCUT2D eigenvalue weighted by Crippen LogP contribution is 2.30. The Bertz CT molecular complexity index is 718. The Balaban J connectivity index is 1.54. The summed E-state index contributed by atoms with van der Waals surface area (Å²) >= 11 is 0. The van der Waals surface area contributed by atoms with Crippen molar-refractivity contribution in [2.45, 2.75) is 25.1 Å². The van der Waals surface area contributed by atoms with E-state index in [9.17, 15) is 9.90 Å². The monoisotopic (exact) mass is 342 g/mol. The lowest BCUT2D eigenvalue weighted by molar-refractivity contribution is -0.123. The summed E-state index contributed by atoms with van der Waals surface area (Å²) in [6.07, 6.45) is 0.0134. The van der Waals surface area contributed by atoms with Gasteiger partial charge in [0.2, 0.25) is 5.91 Å². The Morgan fingerprint density at radius 2 is 1.92 bits per heavy atom. The van der Waals surface area contributed by atoms with Crippen LogP contribution in [0.2, 0.25) is 0 Å². The van der Waals surface area contributed by atoms with Gasteiger partial charge >= 0.3 is 0 Å². The van der Waals surface area contributed by atoms with Gasteiger partial charge in [0.15, 0.2) is 11.5 Å². The highest BCUT2D eigenvalue weighted by Gasteiger charge is 2.27. The largest absolute Gasteiger partial charge is 0.493 e. The second kappa shape index (κ2) is 8.00. The van der Waals surface area contributed by atoms with E-state index >= 15 is 0 Å². The van der Waals surface area contributed by atoms with Crippen LogP contribution in [0, 0.1) is 0 Å². The number of aliphatic hydroxyl groups excluding tert-OH is 1. The first-order valence-corrected chi connectivity index (χ1v) is 8.24. The molecule has 2 atom stereocenters. The Morgan fingerprint density at radius 3 is 2.56 bits per heavy atom. The van der Waals surface area contributed by atoms with E-state index < -0.39 is 6.10 Å². The normalized spacial score (nSPS) is 19.4. The van der Waals surface area contributed by atoms with Crippen LogP contribution in [0.3, 0.4) is 0 Å². The van der Waals surface area contributed by atoms with E-state index in [4.69, 9.17) is 9.47 Å².